The van der Waals surface area contributed by atoms with Gasteiger partial charge in [-0.25, -0.2) is 0 Å². The second-order valence-electron chi connectivity index (χ2n) is 6.92. The average Bonchev–Trinajstić information content (AvgIpc) is 3.27. The molecule has 0 fully saturated rings. The number of carbonyl (C=O) groups is 2. The van der Waals surface area contributed by atoms with E-state index < -0.39 is 0 Å². The van der Waals surface area contributed by atoms with Crippen molar-refractivity contribution in [2.75, 3.05) is 24.7 Å². The van der Waals surface area contributed by atoms with Gasteiger partial charge in [0.2, 0.25) is 0 Å². The Balaban J connectivity index is 2.07. The first-order valence-corrected chi connectivity index (χ1v) is 9.78. The third-order valence-electron chi connectivity index (χ3n) is 4.68. The van der Waals surface area contributed by atoms with Crippen LogP contribution >= 0.6 is 0 Å². The van der Waals surface area contributed by atoms with Crippen molar-refractivity contribution in [1.82, 2.24) is 10.6 Å². The van der Waals surface area contributed by atoms with Crippen LogP contribution in [-0.4, -0.2) is 37.8 Å². The van der Waals surface area contributed by atoms with E-state index in [-0.39, 0.29) is 23.7 Å². The third kappa shape index (κ3) is 5.10. The number of hydrogen-bond donors (Lipinski definition) is 8. The van der Waals surface area contributed by atoms with Crippen molar-refractivity contribution in [3.63, 3.8) is 0 Å². The molecule has 3 rings (SSSR count). The summed E-state index contributed by atoms with van der Waals surface area (Å²) in [4.78, 5) is 25.0. The molecular weight excluding hydrogens is 424 g/mol. The van der Waals surface area contributed by atoms with Crippen molar-refractivity contribution >= 4 is 35.1 Å². The second kappa shape index (κ2) is 9.56. The maximum atomic E-state index is 12.5. The molecule has 0 unspecified atom stereocenters. The number of nitrogens with two attached hydrogens (primary N) is 2. The molecule has 2 aromatic carbocycles. The molecule has 0 saturated heterocycles. The fraction of sp³-hybridized carbons (Fsp3) is 0.0909. The van der Waals surface area contributed by atoms with Gasteiger partial charge in [-0.15, -0.1) is 0 Å². The van der Waals surface area contributed by atoms with E-state index in [1.54, 1.807) is 48.5 Å². The number of guanidine groups is 2. The van der Waals surface area contributed by atoms with Gasteiger partial charge in [0.05, 0.1) is 11.1 Å². The predicted molar refractivity (Wildman–Crippen MR) is 127 cm³/mol. The number of nitrogens with one attached hydrogen (secondary N) is 6. The zero-order valence-electron chi connectivity index (χ0n) is 18.0. The number of anilines is 2. The van der Waals surface area contributed by atoms with E-state index in [0.717, 1.165) is 0 Å². The Bertz CT molecular complexity index is 1150. The summed E-state index contributed by atoms with van der Waals surface area (Å²) < 4.78 is 6.03. The molecule has 11 nitrogen and oxygen atoms in total. The van der Waals surface area contributed by atoms with Gasteiger partial charge in [-0.05, 0) is 48.5 Å². The molecule has 33 heavy (non-hydrogen) atoms. The number of hydrogen-bond acceptors (Lipinski definition) is 5. The first kappa shape index (κ1) is 22.9. The molecular formula is C22H24N8O3. The van der Waals surface area contributed by atoms with Crippen LogP contribution in [0.3, 0.4) is 0 Å². The highest BCUT2D eigenvalue weighted by molar-refractivity contribution is 6.04. The van der Waals surface area contributed by atoms with E-state index >= 15 is 0 Å². The molecule has 0 aliphatic rings. The second-order valence-corrected chi connectivity index (χ2v) is 6.92. The number of rotatable bonds is 6. The highest BCUT2D eigenvalue weighted by atomic mass is 16.3. The molecule has 0 aliphatic heterocycles. The third-order valence-corrected chi connectivity index (χ3v) is 4.68. The summed E-state index contributed by atoms with van der Waals surface area (Å²) in [6.45, 7) is 0. The Labute approximate surface area is 189 Å². The molecule has 0 radical (unpaired) electrons. The van der Waals surface area contributed by atoms with Gasteiger partial charge >= 0.3 is 0 Å². The van der Waals surface area contributed by atoms with Crippen molar-refractivity contribution in [3.05, 3.63) is 59.7 Å². The Morgan fingerprint density at radius 3 is 1.45 bits per heavy atom. The normalized spacial score (nSPS) is 10.2. The van der Waals surface area contributed by atoms with Gasteiger partial charge in [0.1, 0.15) is 11.5 Å². The lowest BCUT2D eigenvalue weighted by atomic mass is 10.0. The number of amides is 2. The molecule has 2 amide bonds. The smallest absolute Gasteiger partial charge is 0.251 e. The monoisotopic (exact) mass is 448 g/mol. The highest BCUT2D eigenvalue weighted by Crippen LogP contribution is 2.34. The van der Waals surface area contributed by atoms with Gasteiger partial charge in [0.25, 0.3) is 11.8 Å². The molecule has 0 aliphatic carbocycles. The van der Waals surface area contributed by atoms with E-state index in [0.29, 0.717) is 45.1 Å². The van der Waals surface area contributed by atoms with E-state index in [4.69, 9.17) is 26.7 Å². The van der Waals surface area contributed by atoms with Crippen molar-refractivity contribution in [3.8, 4) is 22.6 Å². The minimum absolute atomic E-state index is 0.254. The molecule has 170 valence electrons. The van der Waals surface area contributed by atoms with E-state index in [2.05, 4.69) is 21.3 Å². The maximum Gasteiger partial charge on any atom is 0.251 e. The summed E-state index contributed by atoms with van der Waals surface area (Å²) in [5.41, 5.74) is 13.4. The summed E-state index contributed by atoms with van der Waals surface area (Å²) in [6, 6.07) is 13.2. The Hall–Kier alpha value is -4.80. The van der Waals surface area contributed by atoms with Crippen LogP contribution in [0.4, 0.5) is 11.4 Å². The summed E-state index contributed by atoms with van der Waals surface area (Å²) >= 11 is 0. The zero-order valence-corrected chi connectivity index (χ0v) is 18.0. The zero-order chi connectivity index (χ0) is 24.1. The maximum absolute atomic E-state index is 12.5. The molecule has 10 N–H and O–H groups in total. The Morgan fingerprint density at radius 1 is 0.727 bits per heavy atom. The average molecular weight is 448 g/mol. The van der Waals surface area contributed by atoms with Crippen LogP contribution in [0, 0.1) is 10.8 Å². The first-order chi connectivity index (χ1) is 15.7. The molecule has 0 bridgehead atoms. The molecule has 0 spiro atoms. The summed E-state index contributed by atoms with van der Waals surface area (Å²) in [5.74, 6) is -0.383. The van der Waals surface area contributed by atoms with Crippen LogP contribution < -0.4 is 32.7 Å². The quantitative estimate of drug-likeness (QED) is 0.208. The standard InChI is InChI=1S/C22H24N8O3/c1-27-19(31)15-9-11(29-21(23)24)3-5-13(15)17-7-8-18(33-17)14-6-4-12(30-22(25)26)10-16(14)20(32)28-2/h3-10H,1-2H3,(H,27,31)(H,28,32)(H4,23,24,29)(H4,25,26,30). The Morgan fingerprint density at radius 2 is 1.12 bits per heavy atom. The van der Waals surface area contributed by atoms with Crippen LogP contribution in [0.5, 0.6) is 0 Å². The van der Waals surface area contributed by atoms with Gasteiger partial charge in [0, 0.05) is 36.6 Å². The lowest BCUT2D eigenvalue weighted by Gasteiger charge is -2.11. The number of furan rings is 1. The van der Waals surface area contributed by atoms with E-state index in [1.165, 1.54) is 14.1 Å². The number of carbonyl (C=O) groups excluding carboxylic acids is 2. The van der Waals surface area contributed by atoms with Crippen molar-refractivity contribution in [2.45, 2.75) is 0 Å². The summed E-state index contributed by atoms with van der Waals surface area (Å²) in [7, 11) is 3.02. The van der Waals surface area contributed by atoms with Gasteiger partial charge < -0.3 is 37.2 Å². The fourth-order valence-corrected chi connectivity index (χ4v) is 3.26. The van der Waals surface area contributed by atoms with Gasteiger partial charge in [-0.2, -0.15) is 0 Å². The lowest BCUT2D eigenvalue weighted by Crippen LogP contribution is -2.22. The predicted octanol–water partition coefficient (Wildman–Crippen LogP) is 1.94. The molecule has 0 saturated carbocycles. The topological polar surface area (TPSA) is 195 Å². The molecule has 1 aromatic heterocycles. The van der Waals surface area contributed by atoms with Gasteiger partial charge in [0.15, 0.2) is 11.9 Å². The SMILES string of the molecule is CNC(=O)c1cc(NC(=N)N)ccc1-c1ccc(-c2ccc(NC(=N)N)cc2C(=O)NC)o1. The van der Waals surface area contributed by atoms with Crippen LogP contribution in [0.2, 0.25) is 0 Å². The molecule has 0 atom stereocenters. The fourth-order valence-electron chi connectivity index (χ4n) is 3.26. The summed E-state index contributed by atoms with van der Waals surface area (Å²) in [6.07, 6.45) is 0. The number of benzene rings is 2. The van der Waals surface area contributed by atoms with E-state index in [1.807, 2.05) is 0 Å². The molecule has 3 aromatic rings. The van der Waals surface area contributed by atoms with E-state index in [9.17, 15) is 9.59 Å². The van der Waals surface area contributed by atoms with Crippen LogP contribution in [-0.2, 0) is 0 Å². The van der Waals surface area contributed by atoms with Gasteiger partial charge in [-0.1, -0.05) is 0 Å². The minimum atomic E-state index is -0.346. The minimum Gasteiger partial charge on any atom is -0.456 e. The Kier molecular flexibility index (Phi) is 6.63. The molecule has 11 heteroatoms. The van der Waals surface area contributed by atoms with Crippen molar-refractivity contribution in [1.29, 1.82) is 10.8 Å². The van der Waals surface area contributed by atoms with Crippen molar-refractivity contribution in [2.24, 2.45) is 11.5 Å². The van der Waals surface area contributed by atoms with Crippen LogP contribution in [0.25, 0.3) is 22.6 Å². The van der Waals surface area contributed by atoms with Crippen LogP contribution in [0.1, 0.15) is 20.7 Å². The largest absolute Gasteiger partial charge is 0.456 e. The molecule has 1 heterocycles. The summed E-state index contributed by atoms with van der Waals surface area (Å²) in [5, 5.41) is 25.2. The first-order valence-electron chi connectivity index (χ1n) is 9.78. The van der Waals surface area contributed by atoms with Crippen molar-refractivity contribution < 1.29 is 14.0 Å². The highest BCUT2D eigenvalue weighted by Gasteiger charge is 2.19. The van der Waals surface area contributed by atoms with Crippen LogP contribution in [0.15, 0.2) is 52.9 Å². The van der Waals surface area contributed by atoms with Gasteiger partial charge in [-0.3, -0.25) is 20.4 Å². The lowest BCUT2D eigenvalue weighted by molar-refractivity contribution is 0.0955.